The summed E-state index contributed by atoms with van der Waals surface area (Å²) in [4.78, 5) is 25.7. The van der Waals surface area contributed by atoms with Gasteiger partial charge in [-0.1, -0.05) is 24.1 Å². The number of benzene rings is 2. The van der Waals surface area contributed by atoms with Crippen LogP contribution in [0, 0.1) is 23.7 Å². The summed E-state index contributed by atoms with van der Waals surface area (Å²) < 4.78 is 12.3. The number of hydrogen-bond acceptors (Lipinski definition) is 6. The van der Waals surface area contributed by atoms with Crippen molar-refractivity contribution in [2.45, 2.75) is 13.5 Å². The van der Waals surface area contributed by atoms with Crippen LogP contribution in [0.15, 0.2) is 45.8 Å². The Morgan fingerprint density at radius 1 is 1.26 bits per heavy atom. The number of amides is 2. The van der Waals surface area contributed by atoms with Crippen LogP contribution in [0.3, 0.4) is 0 Å². The van der Waals surface area contributed by atoms with Crippen LogP contribution in [0.4, 0.5) is 4.79 Å². The van der Waals surface area contributed by atoms with Gasteiger partial charge in [-0.3, -0.25) is 14.5 Å². The summed E-state index contributed by atoms with van der Waals surface area (Å²) in [6.07, 6.45) is 6.84. The Morgan fingerprint density at radius 3 is 2.74 bits per heavy atom. The predicted octanol–water partition coefficient (Wildman–Crippen LogP) is 4.97. The van der Waals surface area contributed by atoms with Gasteiger partial charge in [-0.15, -0.1) is 6.42 Å². The lowest BCUT2D eigenvalue weighted by atomic mass is 10.1. The largest absolute Gasteiger partial charge is 0.490 e. The quantitative estimate of drug-likeness (QED) is 0.397. The number of rotatable bonds is 7. The van der Waals surface area contributed by atoms with Crippen molar-refractivity contribution in [3.05, 3.63) is 62.5 Å². The van der Waals surface area contributed by atoms with Gasteiger partial charge in [0.15, 0.2) is 11.5 Å². The lowest BCUT2D eigenvalue weighted by Crippen LogP contribution is -2.28. The molecule has 0 bridgehead atoms. The summed E-state index contributed by atoms with van der Waals surface area (Å²) in [6, 6.07) is 12.8. The van der Waals surface area contributed by atoms with E-state index in [4.69, 9.17) is 15.9 Å². The summed E-state index contributed by atoms with van der Waals surface area (Å²) in [5.41, 5.74) is 1.95. The molecule has 1 aliphatic heterocycles. The van der Waals surface area contributed by atoms with Crippen molar-refractivity contribution in [1.82, 2.24) is 4.90 Å². The molecular formula is C23H17BrN2O4S. The highest BCUT2D eigenvalue weighted by Gasteiger charge is 2.34. The zero-order valence-electron chi connectivity index (χ0n) is 16.6. The van der Waals surface area contributed by atoms with E-state index in [1.165, 1.54) is 0 Å². The summed E-state index contributed by atoms with van der Waals surface area (Å²) in [7, 11) is 0. The van der Waals surface area contributed by atoms with E-state index in [2.05, 4.69) is 27.9 Å². The second kappa shape index (κ2) is 10.2. The molecule has 8 heteroatoms. The molecule has 31 heavy (non-hydrogen) atoms. The minimum absolute atomic E-state index is 0.0627. The Morgan fingerprint density at radius 2 is 2.03 bits per heavy atom. The molecule has 0 aliphatic carbocycles. The normalized spacial score (nSPS) is 14.5. The van der Waals surface area contributed by atoms with Crippen molar-refractivity contribution in [1.29, 1.82) is 5.26 Å². The van der Waals surface area contributed by atoms with Crippen LogP contribution in [0.25, 0.3) is 6.08 Å². The molecule has 2 amide bonds. The van der Waals surface area contributed by atoms with E-state index in [1.807, 2.05) is 19.1 Å². The fourth-order valence-electron chi connectivity index (χ4n) is 2.86. The van der Waals surface area contributed by atoms with Crippen molar-refractivity contribution >= 4 is 44.9 Å². The number of nitrogens with zero attached hydrogens (tertiary/aromatic N) is 2. The first kappa shape index (κ1) is 22.5. The van der Waals surface area contributed by atoms with Gasteiger partial charge in [0, 0.05) is 5.56 Å². The van der Waals surface area contributed by atoms with E-state index in [9.17, 15) is 14.9 Å². The summed E-state index contributed by atoms with van der Waals surface area (Å²) in [6.45, 7) is 2.37. The summed E-state index contributed by atoms with van der Waals surface area (Å²) in [5, 5.41) is 8.87. The Hall–Kier alpha value is -3.20. The van der Waals surface area contributed by atoms with Gasteiger partial charge < -0.3 is 9.47 Å². The average molecular weight is 497 g/mol. The van der Waals surface area contributed by atoms with Crippen molar-refractivity contribution in [3.63, 3.8) is 0 Å². The molecule has 3 rings (SSSR count). The topological polar surface area (TPSA) is 79.6 Å². The molecule has 2 aromatic rings. The van der Waals surface area contributed by atoms with Crippen molar-refractivity contribution in [3.8, 4) is 29.9 Å². The third-order valence-electron chi connectivity index (χ3n) is 4.26. The third kappa shape index (κ3) is 5.11. The lowest BCUT2D eigenvalue weighted by Gasteiger charge is -2.15. The Labute approximate surface area is 192 Å². The third-order valence-corrected chi connectivity index (χ3v) is 5.76. The monoisotopic (exact) mass is 496 g/mol. The van der Waals surface area contributed by atoms with Crippen LogP contribution >= 0.6 is 27.7 Å². The van der Waals surface area contributed by atoms with E-state index >= 15 is 0 Å². The molecule has 0 unspecified atom stereocenters. The highest BCUT2D eigenvalue weighted by Crippen LogP contribution is 2.39. The highest BCUT2D eigenvalue weighted by atomic mass is 79.9. The first-order chi connectivity index (χ1) is 15.0. The van der Waals surface area contributed by atoms with Gasteiger partial charge in [0.2, 0.25) is 0 Å². The van der Waals surface area contributed by atoms with Crippen LogP contribution in [-0.2, 0) is 11.4 Å². The first-order valence-electron chi connectivity index (χ1n) is 9.24. The molecule has 0 radical (unpaired) electrons. The number of ether oxygens (including phenoxy) is 2. The van der Waals surface area contributed by atoms with Gasteiger partial charge in [-0.05, 0) is 64.5 Å². The van der Waals surface area contributed by atoms with Gasteiger partial charge >= 0.3 is 0 Å². The molecule has 2 aromatic carbocycles. The van der Waals surface area contributed by atoms with Gasteiger partial charge in [-0.25, -0.2) is 0 Å². The number of terminal acetylenes is 1. The Balaban J connectivity index is 1.89. The molecule has 1 fully saturated rings. The number of carbonyl (C=O) groups is 2. The fraction of sp³-hybridized carbons (Fsp3) is 0.174. The average Bonchev–Trinajstić information content (AvgIpc) is 3.01. The summed E-state index contributed by atoms with van der Waals surface area (Å²) >= 11 is 4.34. The number of halogens is 1. The minimum Gasteiger partial charge on any atom is -0.490 e. The number of imide groups is 1. The summed E-state index contributed by atoms with van der Waals surface area (Å²) in [5.74, 6) is 2.84. The van der Waals surface area contributed by atoms with Crippen LogP contribution in [0.1, 0.15) is 23.6 Å². The molecule has 1 aliphatic rings. The van der Waals surface area contributed by atoms with E-state index in [1.54, 1.807) is 30.3 Å². The molecule has 0 saturated carbocycles. The van der Waals surface area contributed by atoms with Crippen molar-refractivity contribution in [2.75, 3.05) is 13.2 Å². The smallest absolute Gasteiger partial charge is 0.294 e. The Kier molecular flexibility index (Phi) is 7.41. The maximum absolute atomic E-state index is 12.4. The zero-order valence-corrected chi connectivity index (χ0v) is 19.0. The molecule has 0 spiro atoms. The second-order valence-electron chi connectivity index (χ2n) is 6.29. The molecule has 156 valence electrons. The number of hydrogen-bond donors (Lipinski definition) is 0. The van der Waals surface area contributed by atoms with Gasteiger partial charge in [0.1, 0.15) is 6.61 Å². The van der Waals surface area contributed by atoms with Crippen molar-refractivity contribution in [2.24, 2.45) is 0 Å². The molecule has 0 aromatic heterocycles. The van der Waals surface area contributed by atoms with Crippen molar-refractivity contribution < 1.29 is 19.1 Å². The lowest BCUT2D eigenvalue weighted by molar-refractivity contribution is -0.122. The molecule has 0 N–H and O–H groups in total. The fourth-order valence-corrected chi connectivity index (χ4v) is 4.27. The highest BCUT2D eigenvalue weighted by molar-refractivity contribution is 9.10. The predicted molar refractivity (Wildman–Crippen MR) is 122 cm³/mol. The first-order valence-corrected chi connectivity index (χ1v) is 10.8. The number of thioether (sulfide) groups is 1. The second-order valence-corrected chi connectivity index (χ2v) is 8.14. The number of nitriles is 1. The maximum Gasteiger partial charge on any atom is 0.294 e. The Bertz CT molecular complexity index is 1150. The van der Waals surface area contributed by atoms with E-state index in [0.717, 1.165) is 22.2 Å². The van der Waals surface area contributed by atoms with Crippen LogP contribution in [0.2, 0.25) is 0 Å². The van der Waals surface area contributed by atoms with Crippen LogP contribution in [0.5, 0.6) is 11.5 Å². The maximum atomic E-state index is 12.4. The number of carbonyl (C=O) groups excluding carboxylic acids is 2. The molecule has 6 nitrogen and oxygen atoms in total. The standard InChI is InChI=1S/C23H17BrN2O4S/c1-3-9-26-22(27)20(31-23(26)28)12-15-10-18(24)21(19(11-15)29-4-2)30-14-17-8-6-5-7-16(17)13-25/h1,5-8,10-12H,4,9,14H2,2H3/b20-12+. The van der Waals surface area contributed by atoms with Crippen LogP contribution < -0.4 is 9.47 Å². The minimum atomic E-state index is -0.421. The van der Waals surface area contributed by atoms with E-state index in [0.29, 0.717) is 33.7 Å². The van der Waals surface area contributed by atoms with E-state index in [-0.39, 0.29) is 18.1 Å². The molecule has 1 heterocycles. The molecule has 0 atom stereocenters. The van der Waals surface area contributed by atoms with Gasteiger partial charge in [0.05, 0.1) is 34.2 Å². The molecule has 1 saturated heterocycles. The zero-order chi connectivity index (χ0) is 22.4. The SMILES string of the molecule is C#CCN1C(=O)S/C(=C/c2cc(Br)c(OCc3ccccc3C#N)c(OCC)c2)C1=O. The van der Waals surface area contributed by atoms with Gasteiger partial charge in [0.25, 0.3) is 11.1 Å². The van der Waals surface area contributed by atoms with E-state index < -0.39 is 11.1 Å². The molecular weight excluding hydrogens is 480 g/mol. The van der Waals surface area contributed by atoms with Gasteiger partial charge in [-0.2, -0.15) is 5.26 Å². The van der Waals surface area contributed by atoms with Crippen LogP contribution in [-0.4, -0.2) is 29.2 Å².